The van der Waals surface area contributed by atoms with Crippen molar-refractivity contribution in [3.63, 3.8) is 0 Å². The van der Waals surface area contributed by atoms with Gasteiger partial charge in [-0.2, -0.15) is 0 Å². The van der Waals surface area contributed by atoms with Crippen LogP contribution < -0.4 is 0 Å². The van der Waals surface area contributed by atoms with Crippen LogP contribution in [-0.4, -0.2) is 8.32 Å². The third kappa shape index (κ3) is 3.81. The maximum atomic E-state index is 5.89. The molecule has 1 rings (SSSR count). The molecular weight excluding hydrogens is 176 g/mol. The van der Waals surface area contributed by atoms with Gasteiger partial charge in [-0.25, -0.2) is 0 Å². The minimum Gasteiger partial charge on any atom is -0.545 e. The molecule has 0 aromatic heterocycles. The summed E-state index contributed by atoms with van der Waals surface area (Å²) in [6.07, 6.45) is 7.64. The summed E-state index contributed by atoms with van der Waals surface area (Å²) in [5.41, 5.74) is 0.312. The van der Waals surface area contributed by atoms with Crippen molar-refractivity contribution in [1.29, 1.82) is 0 Å². The van der Waals surface area contributed by atoms with Crippen LogP contribution in [-0.2, 0) is 4.43 Å². The van der Waals surface area contributed by atoms with Crippen molar-refractivity contribution in [2.24, 2.45) is 5.41 Å². The molecule has 0 bridgehead atoms. The highest BCUT2D eigenvalue weighted by molar-refractivity contribution is 6.70. The number of rotatable bonds is 2. The van der Waals surface area contributed by atoms with Crippen molar-refractivity contribution >= 4 is 8.32 Å². The Bertz CT molecular complexity index is 243. The van der Waals surface area contributed by atoms with Gasteiger partial charge in [0, 0.05) is 0 Å². The zero-order valence-electron chi connectivity index (χ0n) is 9.35. The van der Waals surface area contributed by atoms with E-state index < -0.39 is 8.32 Å². The second kappa shape index (κ2) is 3.33. The second-order valence-electron chi connectivity index (χ2n) is 5.35. The molecule has 2 heteroatoms. The molecule has 0 saturated carbocycles. The molecule has 0 spiro atoms. The first-order valence-electron chi connectivity index (χ1n) is 4.87. The van der Waals surface area contributed by atoms with Crippen molar-refractivity contribution in [3.8, 4) is 0 Å². The lowest BCUT2D eigenvalue weighted by molar-refractivity contribution is 0.408. The van der Waals surface area contributed by atoms with Crippen LogP contribution in [0.5, 0.6) is 0 Å². The smallest absolute Gasteiger partial charge is 0.242 e. The zero-order chi connectivity index (χ0) is 10.1. The number of hydrogen-bond donors (Lipinski definition) is 0. The highest BCUT2D eigenvalue weighted by atomic mass is 28.4. The SMILES string of the molecule is CC1(C)C=CC(O[Si](C)(C)C)=CC1. The minimum atomic E-state index is -1.41. The standard InChI is InChI=1S/C11H20OSi/c1-11(2)8-6-10(7-9-11)12-13(3,4)5/h6-8H,9H2,1-5H3. The summed E-state index contributed by atoms with van der Waals surface area (Å²) >= 11 is 0. The quantitative estimate of drug-likeness (QED) is 0.612. The largest absolute Gasteiger partial charge is 0.545 e. The summed E-state index contributed by atoms with van der Waals surface area (Å²) in [6, 6.07) is 0. The Kier molecular flexibility index (Phi) is 2.71. The molecule has 1 aliphatic carbocycles. The zero-order valence-corrected chi connectivity index (χ0v) is 10.3. The fourth-order valence-corrected chi connectivity index (χ4v) is 2.10. The molecule has 0 fully saturated rings. The van der Waals surface area contributed by atoms with E-state index >= 15 is 0 Å². The molecule has 0 radical (unpaired) electrons. The van der Waals surface area contributed by atoms with E-state index in [0.717, 1.165) is 12.2 Å². The molecule has 0 unspecified atom stereocenters. The van der Waals surface area contributed by atoms with E-state index in [2.05, 4.69) is 51.7 Å². The van der Waals surface area contributed by atoms with Gasteiger partial charge in [0.2, 0.25) is 8.32 Å². The van der Waals surface area contributed by atoms with Gasteiger partial charge in [-0.1, -0.05) is 19.9 Å². The Morgan fingerprint density at radius 3 is 2.31 bits per heavy atom. The van der Waals surface area contributed by atoms with Crippen molar-refractivity contribution in [3.05, 3.63) is 24.0 Å². The molecule has 0 heterocycles. The van der Waals surface area contributed by atoms with Gasteiger partial charge in [0.25, 0.3) is 0 Å². The van der Waals surface area contributed by atoms with Crippen LogP contribution in [0.4, 0.5) is 0 Å². The van der Waals surface area contributed by atoms with Crippen LogP contribution in [0, 0.1) is 5.41 Å². The molecule has 0 aliphatic heterocycles. The van der Waals surface area contributed by atoms with E-state index in [4.69, 9.17) is 4.43 Å². The Labute approximate surface area is 82.6 Å². The van der Waals surface area contributed by atoms with Crippen molar-refractivity contribution < 1.29 is 4.43 Å². The van der Waals surface area contributed by atoms with Crippen molar-refractivity contribution in [2.45, 2.75) is 39.9 Å². The molecule has 0 saturated heterocycles. The topological polar surface area (TPSA) is 9.23 Å². The average molecular weight is 196 g/mol. The van der Waals surface area contributed by atoms with Gasteiger partial charge in [0.05, 0.1) is 5.76 Å². The first-order chi connectivity index (χ1) is 5.79. The van der Waals surface area contributed by atoms with Gasteiger partial charge >= 0.3 is 0 Å². The predicted octanol–water partition coefficient (Wildman–Crippen LogP) is 3.71. The summed E-state index contributed by atoms with van der Waals surface area (Å²) in [5.74, 6) is 1.07. The Morgan fingerprint density at radius 1 is 1.31 bits per heavy atom. The van der Waals surface area contributed by atoms with E-state index in [1.165, 1.54) is 0 Å². The summed E-state index contributed by atoms with van der Waals surface area (Å²) in [5, 5.41) is 0. The second-order valence-corrected chi connectivity index (χ2v) is 9.78. The van der Waals surface area contributed by atoms with Crippen LogP contribution in [0.25, 0.3) is 0 Å². The number of hydrogen-bond acceptors (Lipinski definition) is 1. The van der Waals surface area contributed by atoms with Crippen LogP contribution >= 0.6 is 0 Å². The summed E-state index contributed by atoms with van der Waals surface area (Å²) in [7, 11) is -1.41. The maximum Gasteiger partial charge on any atom is 0.242 e. The molecule has 0 N–H and O–H groups in total. The van der Waals surface area contributed by atoms with Crippen LogP contribution in [0.15, 0.2) is 24.0 Å². The molecule has 13 heavy (non-hydrogen) atoms. The Morgan fingerprint density at radius 2 is 1.92 bits per heavy atom. The average Bonchev–Trinajstić information content (AvgIpc) is 1.91. The molecule has 0 aromatic carbocycles. The fourth-order valence-electron chi connectivity index (χ4n) is 1.24. The van der Waals surface area contributed by atoms with Gasteiger partial charge in [-0.05, 0) is 43.6 Å². The molecule has 1 aliphatic rings. The molecule has 0 aromatic rings. The molecule has 0 atom stereocenters. The van der Waals surface area contributed by atoms with Gasteiger partial charge in [0.1, 0.15) is 0 Å². The van der Waals surface area contributed by atoms with E-state index in [0.29, 0.717) is 5.41 Å². The molecule has 0 amide bonds. The van der Waals surface area contributed by atoms with Crippen LogP contribution in [0.1, 0.15) is 20.3 Å². The van der Waals surface area contributed by atoms with E-state index in [-0.39, 0.29) is 0 Å². The summed E-state index contributed by atoms with van der Waals surface area (Å²) in [6.45, 7) is 11.1. The molecule has 74 valence electrons. The van der Waals surface area contributed by atoms with Gasteiger partial charge in [-0.15, -0.1) is 0 Å². The third-order valence-electron chi connectivity index (χ3n) is 1.95. The normalized spacial score (nSPS) is 21.2. The van der Waals surface area contributed by atoms with Gasteiger partial charge in [-0.3, -0.25) is 0 Å². The lowest BCUT2D eigenvalue weighted by atomic mass is 9.86. The Hall–Kier alpha value is -0.503. The van der Waals surface area contributed by atoms with Crippen LogP contribution in [0.3, 0.4) is 0 Å². The van der Waals surface area contributed by atoms with Crippen molar-refractivity contribution in [1.82, 2.24) is 0 Å². The lowest BCUT2D eigenvalue weighted by Crippen LogP contribution is -2.25. The molecular formula is C11H20OSi. The Balaban J connectivity index is 2.59. The first kappa shape index (κ1) is 10.6. The van der Waals surface area contributed by atoms with E-state index in [9.17, 15) is 0 Å². The summed E-state index contributed by atoms with van der Waals surface area (Å²) < 4.78 is 5.89. The minimum absolute atomic E-state index is 0.312. The summed E-state index contributed by atoms with van der Waals surface area (Å²) in [4.78, 5) is 0. The van der Waals surface area contributed by atoms with Gasteiger partial charge < -0.3 is 4.43 Å². The fraction of sp³-hybridized carbons (Fsp3) is 0.636. The highest BCUT2D eigenvalue weighted by Gasteiger charge is 2.21. The van der Waals surface area contributed by atoms with Gasteiger partial charge in [0.15, 0.2) is 0 Å². The highest BCUT2D eigenvalue weighted by Crippen LogP contribution is 2.29. The third-order valence-corrected chi connectivity index (χ3v) is 2.80. The lowest BCUT2D eigenvalue weighted by Gasteiger charge is -2.26. The predicted molar refractivity (Wildman–Crippen MR) is 60.1 cm³/mol. The molecule has 1 nitrogen and oxygen atoms in total. The van der Waals surface area contributed by atoms with Crippen LogP contribution in [0.2, 0.25) is 19.6 Å². The monoisotopic (exact) mass is 196 g/mol. The first-order valence-corrected chi connectivity index (χ1v) is 8.28. The van der Waals surface area contributed by atoms with Crippen molar-refractivity contribution in [2.75, 3.05) is 0 Å². The van der Waals surface area contributed by atoms with E-state index in [1.54, 1.807) is 0 Å². The number of allylic oxidation sites excluding steroid dienone is 3. The maximum absolute atomic E-state index is 5.89. The van der Waals surface area contributed by atoms with E-state index in [1.807, 2.05) is 0 Å².